The lowest BCUT2D eigenvalue weighted by Crippen LogP contribution is -2.28. The summed E-state index contributed by atoms with van der Waals surface area (Å²) in [5.74, 6) is -0.477. The quantitative estimate of drug-likeness (QED) is 0.672. The molecule has 0 saturated heterocycles. The van der Waals surface area contributed by atoms with Gasteiger partial charge in [0.15, 0.2) is 0 Å². The highest BCUT2D eigenvalue weighted by atomic mass is 16.6. The van der Waals surface area contributed by atoms with Gasteiger partial charge in [-0.3, -0.25) is 19.7 Å². The summed E-state index contributed by atoms with van der Waals surface area (Å²) in [6.45, 7) is 1.28. The molecule has 0 saturated carbocycles. The maximum Gasteiger partial charge on any atom is 0.293 e. The van der Waals surface area contributed by atoms with Crippen molar-refractivity contribution < 1.29 is 14.5 Å². The van der Waals surface area contributed by atoms with Gasteiger partial charge in [-0.15, -0.1) is 0 Å². The van der Waals surface area contributed by atoms with Gasteiger partial charge < -0.3 is 5.32 Å². The van der Waals surface area contributed by atoms with Crippen LogP contribution in [0.1, 0.15) is 25.3 Å². The number of nitrogens with zero attached hydrogens (tertiary/aromatic N) is 3. The lowest BCUT2D eigenvalue weighted by molar-refractivity contribution is -0.383. The van der Waals surface area contributed by atoms with Crippen LogP contribution in [0.4, 0.5) is 11.4 Å². The Kier molecular flexibility index (Phi) is 3.97. The number of nitro benzene ring substituents is 1. The van der Waals surface area contributed by atoms with Gasteiger partial charge in [0.25, 0.3) is 5.69 Å². The second kappa shape index (κ2) is 5.70. The molecule has 1 N–H and O–H groups in total. The van der Waals surface area contributed by atoms with E-state index in [1.807, 2.05) is 0 Å². The van der Waals surface area contributed by atoms with Gasteiger partial charge in [-0.2, -0.15) is 5.10 Å². The average molecular weight is 290 g/mol. The van der Waals surface area contributed by atoms with Crippen LogP contribution < -0.4 is 5.32 Å². The molecule has 1 aromatic rings. The molecule has 2 rings (SSSR count). The minimum absolute atomic E-state index is 0.0943. The van der Waals surface area contributed by atoms with Crippen molar-refractivity contribution in [1.29, 1.82) is 0 Å². The second-order valence-corrected chi connectivity index (χ2v) is 4.63. The first-order chi connectivity index (χ1) is 9.88. The number of carbonyl (C=O) groups is 2. The number of hydrogen-bond donors (Lipinski definition) is 1. The van der Waals surface area contributed by atoms with Crippen LogP contribution in [0.25, 0.3) is 0 Å². The SMILES string of the molecule is CC(=O)Nc1ccc(C2=NN(C)C(=O)CC2)cc1[N+](=O)[O-]. The van der Waals surface area contributed by atoms with E-state index in [0.29, 0.717) is 24.1 Å². The normalized spacial score (nSPS) is 14.7. The number of carbonyl (C=O) groups excluding carboxylic acids is 2. The van der Waals surface area contributed by atoms with E-state index in [4.69, 9.17) is 0 Å². The summed E-state index contributed by atoms with van der Waals surface area (Å²) in [4.78, 5) is 33.0. The summed E-state index contributed by atoms with van der Waals surface area (Å²) < 4.78 is 0. The molecule has 0 radical (unpaired) electrons. The summed E-state index contributed by atoms with van der Waals surface area (Å²) in [5, 5.41) is 18.9. The Morgan fingerprint density at radius 2 is 2.14 bits per heavy atom. The zero-order chi connectivity index (χ0) is 15.6. The standard InChI is InChI=1S/C13H14N4O4/c1-8(18)14-11-4-3-9(7-12(11)17(20)21)10-5-6-13(19)16(2)15-10/h3-4,7H,5-6H2,1-2H3,(H,14,18). The van der Waals surface area contributed by atoms with Gasteiger partial charge in [-0.1, -0.05) is 6.07 Å². The number of rotatable bonds is 3. The summed E-state index contributed by atoms with van der Waals surface area (Å²) in [5.41, 5.74) is 1.10. The molecular formula is C13H14N4O4. The third-order valence-electron chi connectivity index (χ3n) is 3.05. The Labute approximate surface area is 120 Å². The smallest absolute Gasteiger partial charge is 0.293 e. The van der Waals surface area contributed by atoms with Crippen molar-refractivity contribution in [3.63, 3.8) is 0 Å². The molecule has 21 heavy (non-hydrogen) atoms. The summed E-state index contributed by atoms with van der Waals surface area (Å²) in [7, 11) is 1.54. The Balaban J connectivity index is 2.41. The van der Waals surface area contributed by atoms with E-state index in [2.05, 4.69) is 10.4 Å². The highest BCUT2D eigenvalue weighted by molar-refractivity contribution is 6.05. The molecular weight excluding hydrogens is 276 g/mol. The first-order valence-electron chi connectivity index (χ1n) is 6.29. The first-order valence-corrected chi connectivity index (χ1v) is 6.29. The van der Waals surface area contributed by atoms with Crippen LogP contribution in [0.15, 0.2) is 23.3 Å². The third kappa shape index (κ3) is 3.22. The van der Waals surface area contributed by atoms with Crippen LogP contribution in [0.5, 0.6) is 0 Å². The van der Waals surface area contributed by atoms with Crippen molar-refractivity contribution in [3.8, 4) is 0 Å². The predicted octanol–water partition coefficient (Wildman–Crippen LogP) is 1.51. The van der Waals surface area contributed by atoms with Crippen molar-refractivity contribution in [2.24, 2.45) is 5.10 Å². The molecule has 8 heteroatoms. The number of hydrazone groups is 1. The zero-order valence-electron chi connectivity index (χ0n) is 11.6. The molecule has 1 aromatic carbocycles. The molecule has 0 unspecified atom stereocenters. The van der Waals surface area contributed by atoms with E-state index in [9.17, 15) is 19.7 Å². The maximum atomic E-state index is 11.4. The van der Waals surface area contributed by atoms with Crippen LogP contribution in [-0.2, 0) is 9.59 Å². The Hall–Kier alpha value is -2.77. The Morgan fingerprint density at radius 3 is 2.71 bits per heavy atom. The lowest BCUT2D eigenvalue weighted by Gasteiger charge is -2.19. The monoisotopic (exact) mass is 290 g/mol. The fraction of sp³-hybridized carbons (Fsp3) is 0.308. The molecule has 1 aliphatic heterocycles. The summed E-state index contributed by atoms with van der Waals surface area (Å²) in [6, 6.07) is 4.46. The third-order valence-corrected chi connectivity index (χ3v) is 3.05. The molecule has 0 fully saturated rings. The zero-order valence-corrected chi connectivity index (χ0v) is 11.6. The van der Waals surface area contributed by atoms with Gasteiger partial charge in [-0.25, -0.2) is 5.01 Å². The molecule has 1 aliphatic rings. The van der Waals surface area contributed by atoms with E-state index in [0.717, 1.165) is 0 Å². The van der Waals surface area contributed by atoms with Crippen molar-refractivity contribution >= 4 is 28.9 Å². The largest absolute Gasteiger partial charge is 0.321 e. The van der Waals surface area contributed by atoms with Gasteiger partial charge >= 0.3 is 0 Å². The van der Waals surface area contributed by atoms with Gasteiger partial charge in [-0.05, 0) is 6.07 Å². The minimum atomic E-state index is -0.562. The highest BCUT2D eigenvalue weighted by Gasteiger charge is 2.21. The fourth-order valence-electron chi connectivity index (χ4n) is 2.03. The van der Waals surface area contributed by atoms with E-state index < -0.39 is 4.92 Å². The number of nitro groups is 1. The molecule has 0 aliphatic carbocycles. The molecule has 0 spiro atoms. The molecule has 0 aromatic heterocycles. The Morgan fingerprint density at radius 1 is 1.43 bits per heavy atom. The summed E-state index contributed by atoms with van der Waals surface area (Å²) >= 11 is 0. The second-order valence-electron chi connectivity index (χ2n) is 4.63. The van der Waals surface area contributed by atoms with Gasteiger partial charge in [0.2, 0.25) is 11.8 Å². The Bertz CT molecular complexity index is 654. The van der Waals surface area contributed by atoms with Crippen molar-refractivity contribution in [2.75, 3.05) is 12.4 Å². The maximum absolute atomic E-state index is 11.4. The van der Waals surface area contributed by atoms with Crippen LogP contribution in [0, 0.1) is 10.1 Å². The van der Waals surface area contributed by atoms with Crippen LogP contribution >= 0.6 is 0 Å². The molecule has 0 atom stereocenters. The van der Waals surface area contributed by atoms with Gasteiger partial charge in [0.1, 0.15) is 5.69 Å². The number of amides is 2. The summed E-state index contributed by atoms with van der Waals surface area (Å²) in [6.07, 6.45) is 0.746. The number of hydrogen-bond acceptors (Lipinski definition) is 5. The van der Waals surface area contributed by atoms with Crippen LogP contribution in [0.2, 0.25) is 0 Å². The lowest BCUT2D eigenvalue weighted by atomic mass is 10.0. The highest BCUT2D eigenvalue weighted by Crippen LogP contribution is 2.27. The van der Waals surface area contributed by atoms with Crippen molar-refractivity contribution in [2.45, 2.75) is 19.8 Å². The van der Waals surface area contributed by atoms with Crippen molar-refractivity contribution in [1.82, 2.24) is 5.01 Å². The molecule has 0 bridgehead atoms. The van der Waals surface area contributed by atoms with E-state index >= 15 is 0 Å². The number of anilines is 1. The minimum Gasteiger partial charge on any atom is -0.321 e. The predicted molar refractivity (Wildman–Crippen MR) is 75.9 cm³/mol. The van der Waals surface area contributed by atoms with Crippen LogP contribution in [-0.4, -0.2) is 34.5 Å². The van der Waals surface area contributed by atoms with Gasteiger partial charge in [0.05, 0.1) is 10.6 Å². The molecule has 110 valence electrons. The van der Waals surface area contributed by atoms with Crippen molar-refractivity contribution in [3.05, 3.63) is 33.9 Å². The van der Waals surface area contributed by atoms with E-state index in [1.165, 1.54) is 24.1 Å². The van der Waals surface area contributed by atoms with Crippen LogP contribution in [0.3, 0.4) is 0 Å². The first kappa shape index (κ1) is 14.6. The van der Waals surface area contributed by atoms with E-state index in [1.54, 1.807) is 13.1 Å². The molecule has 1 heterocycles. The van der Waals surface area contributed by atoms with E-state index in [-0.39, 0.29) is 23.2 Å². The average Bonchev–Trinajstić information content (AvgIpc) is 2.41. The fourth-order valence-corrected chi connectivity index (χ4v) is 2.03. The number of nitrogens with one attached hydrogen (secondary N) is 1. The molecule has 2 amide bonds. The number of benzene rings is 1. The molecule has 8 nitrogen and oxygen atoms in total. The topological polar surface area (TPSA) is 105 Å². The van der Waals surface area contributed by atoms with Gasteiger partial charge in [0, 0.05) is 38.4 Å².